The second kappa shape index (κ2) is 8.68. The van der Waals surface area contributed by atoms with Crippen LogP contribution in [0.3, 0.4) is 0 Å². The van der Waals surface area contributed by atoms with Crippen molar-refractivity contribution in [2.24, 2.45) is 5.92 Å². The van der Waals surface area contributed by atoms with E-state index in [0.29, 0.717) is 23.9 Å². The minimum Gasteiger partial charge on any atom is -0.476 e. The number of hydrogen-bond donors (Lipinski definition) is 1. The van der Waals surface area contributed by atoms with E-state index in [1.54, 1.807) is 42.5 Å². The number of ether oxygens (including phenoxy) is 1. The van der Waals surface area contributed by atoms with E-state index in [0.717, 1.165) is 18.4 Å². The van der Waals surface area contributed by atoms with Crippen LogP contribution in [-0.2, 0) is 14.8 Å². The number of carbonyl (C=O) groups is 1. The van der Waals surface area contributed by atoms with Crippen molar-refractivity contribution in [3.8, 4) is 5.75 Å². The lowest BCUT2D eigenvalue weighted by Gasteiger charge is -2.35. The van der Waals surface area contributed by atoms with Crippen molar-refractivity contribution in [2.45, 2.75) is 50.0 Å². The molecule has 2 aromatic rings. The van der Waals surface area contributed by atoms with Crippen LogP contribution in [0.2, 0.25) is 0 Å². The number of amides is 1. The van der Waals surface area contributed by atoms with Gasteiger partial charge in [-0.05, 0) is 55.5 Å². The molecule has 0 saturated heterocycles. The second-order valence-corrected chi connectivity index (χ2v) is 10.0. The highest BCUT2D eigenvalue weighted by Gasteiger charge is 2.37. The van der Waals surface area contributed by atoms with Crippen molar-refractivity contribution in [1.29, 1.82) is 0 Å². The summed E-state index contributed by atoms with van der Waals surface area (Å²) in [5, 5.41) is 2.99. The normalized spacial score (nSPS) is 19.6. The number of aryl methyl sites for hydroxylation is 1. The molecule has 0 aromatic heterocycles. The van der Waals surface area contributed by atoms with Gasteiger partial charge < -0.3 is 10.1 Å². The summed E-state index contributed by atoms with van der Waals surface area (Å²) in [4.78, 5) is 13.1. The van der Waals surface area contributed by atoms with Gasteiger partial charge in [0.2, 0.25) is 0 Å². The molecular formula is C23H28N2O4S. The third kappa shape index (κ3) is 4.31. The van der Waals surface area contributed by atoms with Crippen molar-refractivity contribution < 1.29 is 17.9 Å². The fourth-order valence-corrected chi connectivity index (χ4v) is 5.69. The lowest BCUT2D eigenvalue weighted by Crippen LogP contribution is -2.51. The zero-order valence-electron chi connectivity index (χ0n) is 17.2. The first kappa shape index (κ1) is 20.7. The van der Waals surface area contributed by atoms with Crippen LogP contribution in [0.15, 0.2) is 53.4 Å². The van der Waals surface area contributed by atoms with Crippen molar-refractivity contribution in [3.63, 3.8) is 0 Å². The Bertz CT molecular complexity index is 1000. The van der Waals surface area contributed by atoms with Crippen LogP contribution in [0.1, 0.15) is 37.7 Å². The van der Waals surface area contributed by atoms with E-state index in [9.17, 15) is 13.2 Å². The Labute approximate surface area is 178 Å². The predicted molar refractivity (Wildman–Crippen MR) is 116 cm³/mol. The van der Waals surface area contributed by atoms with Crippen molar-refractivity contribution >= 4 is 21.6 Å². The fourth-order valence-electron chi connectivity index (χ4n) is 4.20. The van der Waals surface area contributed by atoms with Gasteiger partial charge in [-0.15, -0.1) is 0 Å². The van der Waals surface area contributed by atoms with Crippen molar-refractivity contribution in [1.82, 2.24) is 5.32 Å². The zero-order valence-corrected chi connectivity index (χ0v) is 18.0. The number of anilines is 1. The second-order valence-electron chi connectivity index (χ2n) is 8.18. The maximum atomic E-state index is 13.3. The summed E-state index contributed by atoms with van der Waals surface area (Å²) in [6.07, 6.45) is 5.04. The molecule has 0 bridgehead atoms. The van der Waals surface area contributed by atoms with E-state index in [4.69, 9.17) is 4.74 Å². The molecule has 1 N–H and O–H groups in total. The van der Waals surface area contributed by atoms with Crippen LogP contribution < -0.4 is 14.4 Å². The maximum absolute atomic E-state index is 13.3. The highest BCUT2D eigenvalue weighted by molar-refractivity contribution is 7.92. The molecule has 1 heterocycles. The highest BCUT2D eigenvalue weighted by atomic mass is 32.2. The number of rotatable bonds is 5. The SMILES string of the molecule is Cc1ccc2c(c1)OC(C(=O)NCC1CCCCC1)CN2S(=O)(=O)c1ccccc1. The van der Waals surface area contributed by atoms with Crippen LogP contribution in [-0.4, -0.2) is 33.5 Å². The zero-order chi connectivity index (χ0) is 21.1. The van der Waals surface area contributed by atoms with E-state index in [-0.39, 0.29) is 17.3 Å². The largest absolute Gasteiger partial charge is 0.476 e. The molecule has 1 aliphatic heterocycles. The average Bonchev–Trinajstić information content (AvgIpc) is 2.77. The third-order valence-corrected chi connectivity index (χ3v) is 7.69. The molecule has 1 unspecified atom stereocenters. The van der Waals surface area contributed by atoms with Gasteiger partial charge in [0.15, 0.2) is 6.10 Å². The summed E-state index contributed by atoms with van der Waals surface area (Å²) in [5.74, 6) is 0.643. The molecule has 1 amide bonds. The molecule has 160 valence electrons. The van der Waals surface area contributed by atoms with Crippen molar-refractivity contribution in [2.75, 3.05) is 17.4 Å². The Morgan fingerprint density at radius 1 is 1.10 bits per heavy atom. The quantitative estimate of drug-likeness (QED) is 0.789. The molecule has 1 saturated carbocycles. The highest BCUT2D eigenvalue weighted by Crippen LogP contribution is 2.37. The molecule has 4 rings (SSSR count). The summed E-state index contributed by atoms with van der Waals surface area (Å²) < 4.78 is 33.9. The minimum absolute atomic E-state index is 0.0518. The number of nitrogens with zero attached hydrogens (tertiary/aromatic N) is 1. The Morgan fingerprint density at radius 3 is 2.57 bits per heavy atom. The molecule has 1 fully saturated rings. The van der Waals surface area contributed by atoms with E-state index < -0.39 is 16.1 Å². The lowest BCUT2D eigenvalue weighted by atomic mass is 9.89. The molecule has 6 nitrogen and oxygen atoms in total. The van der Waals surface area contributed by atoms with Gasteiger partial charge >= 0.3 is 0 Å². The topological polar surface area (TPSA) is 75.7 Å². The fraction of sp³-hybridized carbons (Fsp3) is 0.435. The lowest BCUT2D eigenvalue weighted by molar-refractivity contribution is -0.128. The standard InChI is InChI=1S/C23H28N2O4S/c1-17-12-13-20-21(14-17)29-22(23(26)24-15-18-8-4-2-5-9-18)16-25(20)30(27,28)19-10-6-3-7-11-19/h3,6-7,10-14,18,22H,2,4-5,8-9,15-16H2,1H3,(H,24,26). The Hall–Kier alpha value is -2.54. The Balaban J connectivity index is 1.58. The number of benzene rings is 2. The average molecular weight is 429 g/mol. The molecular weight excluding hydrogens is 400 g/mol. The number of fused-ring (bicyclic) bond motifs is 1. The van der Waals surface area contributed by atoms with Crippen LogP contribution >= 0.6 is 0 Å². The van der Waals surface area contributed by atoms with Gasteiger partial charge in [-0.2, -0.15) is 0 Å². The first-order valence-electron chi connectivity index (χ1n) is 10.6. The van der Waals surface area contributed by atoms with Crippen LogP contribution in [0, 0.1) is 12.8 Å². The molecule has 7 heteroatoms. The molecule has 0 spiro atoms. The Kier molecular flexibility index (Phi) is 5.99. The molecule has 0 radical (unpaired) electrons. The third-order valence-electron chi connectivity index (χ3n) is 5.90. The number of carbonyl (C=O) groups excluding carboxylic acids is 1. The first-order chi connectivity index (χ1) is 14.4. The van der Waals surface area contributed by atoms with E-state index in [1.807, 2.05) is 13.0 Å². The predicted octanol–water partition coefficient (Wildman–Crippen LogP) is 3.65. The summed E-state index contributed by atoms with van der Waals surface area (Å²) in [7, 11) is -3.82. The summed E-state index contributed by atoms with van der Waals surface area (Å²) >= 11 is 0. The Morgan fingerprint density at radius 2 is 1.83 bits per heavy atom. The minimum atomic E-state index is -3.82. The summed E-state index contributed by atoms with van der Waals surface area (Å²) in [6, 6.07) is 13.7. The van der Waals surface area contributed by atoms with Gasteiger partial charge in [-0.25, -0.2) is 8.42 Å². The van der Waals surface area contributed by atoms with E-state index in [1.165, 1.54) is 23.6 Å². The van der Waals surface area contributed by atoms with Crippen LogP contribution in [0.25, 0.3) is 0 Å². The number of hydrogen-bond acceptors (Lipinski definition) is 4. The van der Waals surface area contributed by atoms with Gasteiger partial charge in [0.05, 0.1) is 17.1 Å². The number of sulfonamides is 1. The van der Waals surface area contributed by atoms with E-state index in [2.05, 4.69) is 5.32 Å². The van der Waals surface area contributed by atoms with Gasteiger partial charge in [-0.3, -0.25) is 9.10 Å². The van der Waals surface area contributed by atoms with Gasteiger partial charge in [0, 0.05) is 6.54 Å². The maximum Gasteiger partial charge on any atom is 0.264 e. The molecule has 1 atom stereocenters. The monoisotopic (exact) mass is 428 g/mol. The van der Waals surface area contributed by atoms with Crippen LogP contribution in [0.5, 0.6) is 5.75 Å². The molecule has 1 aliphatic carbocycles. The summed E-state index contributed by atoms with van der Waals surface area (Å²) in [6.45, 7) is 2.47. The van der Waals surface area contributed by atoms with Crippen molar-refractivity contribution in [3.05, 3.63) is 54.1 Å². The van der Waals surface area contributed by atoms with Gasteiger partial charge in [-0.1, -0.05) is 43.5 Å². The molecule has 2 aromatic carbocycles. The van der Waals surface area contributed by atoms with Crippen LogP contribution in [0.4, 0.5) is 5.69 Å². The molecule has 2 aliphatic rings. The van der Waals surface area contributed by atoms with Gasteiger partial charge in [0.1, 0.15) is 5.75 Å². The number of nitrogens with one attached hydrogen (secondary N) is 1. The smallest absolute Gasteiger partial charge is 0.264 e. The molecule has 30 heavy (non-hydrogen) atoms. The van der Waals surface area contributed by atoms with E-state index >= 15 is 0 Å². The van der Waals surface area contributed by atoms with Gasteiger partial charge in [0.25, 0.3) is 15.9 Å². The first-order valence-corrected chi connectivity index (χ1v) is 12.0. The summed E-state index contributed by atoms with van der Waals surface area (Å²) in [5.41, 5.74) is 1.40.